The average molecular weight is 447 g/mol. The highest BCUT2D eigenvalue weighted by Crippen LogP contribution is 2.31. The molecular formula is C24H22N4O3S. The van der Waals surface area contributed by atoms with Crippen LogP contribution in [0.1, 0.15) is 22.8 Å². The van der Waals surface area contributed by atoms with Gasteiger partial charge in [0.15, 0.2) is 5.13 Å². The van der Waals surface area contributed by atoms with E-state index in [2.05, 4.69) is 20.9 Å². The van der Waals surface area contributed by atoms with Crippen molar-refractivity contribution in [1.29, 1.82) is 0 Å². The molecule has 3 amide bonds. The number of benzene rings is 3. The summed E-state index contributed by atoms with van der Waals surface area (Å²) < 4.78 is 6.27. The maximum absolute atomic E-state index is 12.4. The van der Waals surface area contributed by atoms with Gasteiger partial charge in [-0.2, -0.15) is 0 Å². The fourth-order valence-electron chi connectivity index (χ4n) is 3.18. The summed E-state index contributed by atoms with van der Waals surface area (Å²) in [6.45, 7) is 4.42. The van der Waals surface area contributed by atoms with Crippen LogP contribution in [0, 0.1) is 6.92 Å². The van der Waals surface area contributed by atoms with Crippen LogP contribution in [0.3, 0.4) is 0 Å². The second-order valence-corrected chi connectivity index (χ2v) is 8.05. The van der Waals surface area contributed by atoms with Crippen molar-refractivity contribution >= 4 is 50.0 Å². The van der Waals surface area contributed by atoms with Crippen molar-refractivity contribution in [3.8, 4) is 5.75 Å². The molecule has 7 nitrogen and oxygen atoms in total. The van der Waals surface area contributed by atoms with E-state index < -0.39 is 0 Å². The Balaban J connectivity index is 1.45. The summed E-state index contributed by atoms with van der Waals surface area (Å²) in [5, 5.41) is 9.00. The number of aromatic nitrogens is 1. The Morgan fingerprint density at radius 2 is 1.66 bits per heavy atom. The minimum absolute atomic E-state index is 0.213. The summed E-state index contributed by atoms with van der Waals surface area (Å²) in [5.41, 5.74) is 3.55. The Bertz CT molecular complexity index is 1250. The van der Waals surface area contributed by atoms with Crippen LogP contribution in [0.5, 0.6) is 5.75 Å². The number of amides is 3. The molecular weight excluding hydrogens is 424 g/mol. The van der Waals surface area contributed by atoms with Crippen LogP contribution in [-0.2, 0) is 0 Å². The van der Waals surface area contributed by atoms with E-state index in [1.54, 1.807) is 36.4 Å². The molecule has 32 heavy (non-hydrogen) atoms. The molecule has 8 heteroatoms. The van der Waals surface area contributed by atoms with Gasteiger partial charge in [0.1, 0.15) is 5.75 Å². The fourth-order valence-corrected chi connectivity index (χ4v) is 4.15. The molecule has 0 bridgehead atoms. The summed E-state index contributed by atoms with van der Waals surface area (Å²) >= 11 is 1.36. The summed E-state index contributed by atoms with van der Waals surface area (Å²) in [5.74, 6) is 0.537. The van der Waals surface area contributed by atoms with E-state index in [4.69, 9.17) is 4.74 Å². The maximum atomic E-state index is 12.4. The summed E-state index contributed by atoms with van der Waals surface area (Å²) in [6, 6.07) is 19.5. The van der Waals surface area contributed by atoms with E-state index in [0.29, 0.717) is 28.7 Å². The SMILES string of the molecule is CCOc1ccc(NC(=O)Nc2cc(C)c3nc(NC(=O)c4ccccc4)sc3c2)cc1. The molecule has 0 spiro atoms. The van der Waals surface area contributed by atoms with Crippen molar-refractivity contribution in [2.24, 2.45) is 0 Å². The lowest BCUT2D eigenvalue weighted by Gasteiger charge is -2.09. The Hall–Kier alpha value is -3.91. The summed E-state index contributed by atoms with van der Waals surface area (Å²) in [4.78, 5) is 29.4. The van der Waals surface area contributed by atoms with Gasteiger partial charge in [0.25, 0.3) is 5.91 Å². The third kappa shape index (κ3) is 5.04. The highest BCUT2D eigenvalue weighted by Gasteiger charge is 2.13. The first-order valence-electron chi connectivity index (χ1n) is 10.1. The molecule has 0 aliphatic rings. The fraction of sp³-hybridized carbons (Fsp3) is 0.125. The van der Waals surface area contributed by atoms with Crippen molar-refractivity contribution < 1.29 is 14.3 Å². The first-order chi connectivity index (χ1) is 15.5. The lowest BCUT2D eigenvalue weighted by atomic mass is 10.2. The quantitative estimate of drug-likeness (QED) is 0.344. The molecule has 0 saturated heterocycles. The number of carbonyl (C=O) groups excluding carboxylic acids is 2. The average Bonchev–Trinajstić information content (AvgIpc) is 3.19. The molecule has 3 N–H and O–H groups in total. The zero-order valence-electron chi connectivity index (χ0n) is 17.6. The number of ether oxygens (including phenoxy) is 1. The maximum Gasteiger partial charge on any atom is 0.323 e. The van der Waals surface area contributed by atoms with Gasteiger partial charge in [-0.05, 0) is 67.9 Å². The van der Waals surface area contributed by atoms with E-state index in [1.807, 2.05) is 44.2 Å². The zero-order chi connectivity index (χ0) is 22.5. The lowest BCUT2D eigenvalue weighted by Crippen LogP contribution is -2.19. The standard InChI is InChI=1S/C24H22N4O3S/c1-3-31-19-11-9-17(10-12-19)25-23(30)26-18-13-15(2)21-20(14-18)32-24(27-21)28-22(29)16-7-5-4-6-8-16/h4-14H,3H2,1-2H3,(H2,25,26,30)(H,27,28,29). The van der Waals surface area contributed by atoms with Crippen LogP contribution < -0.4 is 20.7 Å². The number of aryl methyl sites for hydroxylation is 1. The van der Waals surface area contributed by atoms with Crippen molar-refractivity contribution in [3.05, 3.63) is 77.9 Å². The second-order valence-electron chi connectivity index (χ2n) is 7.02. The van der Waals surface area contributed by atoms with Gasteiger partial charge in [-0.15, -0.1) is 0 Å². The molecule has 1 heterocycles. The minimum Gasteiger partial charge on any atom is -0.494 e. The largest absolute Gasteiger partial charge is 0.494 e. The number of hydrogen-bond donors (Lipinski definition) is 3. The van der Waals surface area contributed by atoms with E-state index in [0.717, 1.165) is 21.5 Å². The summed E-state index contributed by atoms with van der Waals surface area (Å²) in [6.07, 6.45) is 0. The molecule has 0 aliphatic carbocycles. The minimum atomic E-state index is -0.352. The van der Waals surface area contributed by atoms with Crippen LogP contribution in [0.2, 0.25) is 0 Å². The number of hydrogen-bond acceptors (Lipinski definition) is 5. The Morgan fingerprint density at radius 3 is 2.38 bits per heavy atom. The number of nitrogens with zero attached hydrogens (tertiary/aromatic N) is 1. The van der Waals surface area contributed by atoms with E-state index >= 15 is 0 Å². The molecule has 4 rings (SSSR count). The molecule has 0 atom stereocenters. The van der Waals surface area contributed by atoms with Gasteiger partial charge >= 0.3 is 6.03 Å². The highest BCUT2D eigenvalue weighted by molar-refractivity contribution is 7.22. The van der Waals surface area contributed by atoms with Crippen molar-refractivity contribution in [3.63, 3.8) is 0 Å². The molecule has 1 aromatic heterocycles. The van der Waals surface area contributed by atoms with Crippen molar-refractivity contribution in [2.45, 2.75) is 13.8 Å². The zero-order valence-corrected chi connectivity index (χ0v) is 18.5. The Kier molecular flexibility index (Phi) is 6.32. The molecule has 0 fully saturated rings. The summed E-state index contributed by atoms with van der Waals surface area (Å²) in [7, 11) is 0. The number of rotatable bonds is 6. The van der Waals surface area contributed by atoms with Gasteiger partial charge in [0.2, 0.25) is 0 Å². The number of fused-ring (bicyclic) bond motifs is 1. The molecule has 0 saturated carbocycles. The van der Waals surface area contributed by atoms with E-state index in [9.17, 15) is 9.59 Å². The molecule has 0 aliphatic heterocycles. The van der Waals surface area contributed by atoms with Gasteiger partial charge in [-0.25, -0.2) is 9.78 Å². The smallest absolute Gasteiger partial charge is 0.323 e. The number of thiazole rings is 1. The van der Waals surface area contributed by atoms with E-state index in [1.165, 1.54) is 11.3 Å². The highest BCUT2D eigenvalue weighted by atomic mass is 32.1. The van der Waals surface area contributed by atoms with Crippen LogP contribution in [0.4, 0.5) is 21.3 Å². The van der Waals surface area contributed by atoms with Crippen LogP contribution in [-0.4, -0.2) is 23.5 Å². The van der Waals surface area contributed by atoms with Gasteiger partial charge < -0.3 is 15.4 Å². The second kappa shape index (κ2) is 9.49. The topological polar surface area (TPSA) is 92.3 Å². The number of nitrogens with one attached hydrogen (secondary N) is 3. The molecule has 0 radical (unpaired) electrons. The third-order valence-corrected chi connectivity index (χ3v) is 5.54. The molecule has 4 aromatic rings. The van der Waals surface area contributed by atoms with Crippen molar-refractivity contribution in [1.82, 2.24) is 4.98 Å². The predicted octanol–water partition coefficient (Wildman–Crippen LogP) is 5.90. The molecule has 0 unspecified atom stereocenters. The van der Waals surface area contributed by atoms with Crippen molar-refractivity contribution in [2.75, 3.05) is 22.6 Å². The first kappa shape index (κ1) is 21.3. The molecule has 3 aromatic carbocycles. The first-order valence-corrected chi connectivity index (χ1v) is 10.9. The monoisotopic (exact) mass is 446 g/mol. The number of carbonyl (C=O) groups is 2. The predicted molar refractivity (Wildman–Crippen MR) is 129 cm³/mol. The number of urea groups is 1. The van der Waals surface area contributed by atoms with Crippen LogP contribution >= 0.6 is 11.3 Å². The number of anilines is 3. The van der Waals surface area contributed by atoms with Gasteiger partial charge in [0, 0.05) is 16.9 Å². The van der Waals surface area contributed by atoms with E-state index in [-0.39, 0.29) is 11.9 Å². The van der Waals surface area contributed by atoms with Gasteiger partial charge in [0.05, 0.1) is 16.8 Å². The van der Waals surface area contributed by atoms with Gasteiger partial charge in [-0.3, -0.25) is 10.1 Å². The molecule has 162 valence electrons. The third-order valence-electron chi connectivity index (χ3n) is 4.62. The van der Waals surface area contributed by atoms with Crippen LogP contribution in [0.25, 0.3) is 10.2 Å². The lowest BCUT2D eigenvalue weighted by molar-refractivity contribution is 0.102. The Labute approximate surface area is 189 Å². The van der Waals surface area contributed by atoms with Gasteiger partial charge in [-0.1, -0.05) is 29.5 Å². The normalized spacial score (nSPS) is 10.6. The Morgan fingerprint density at radius 1 is 0.938 bits per heavy atom. The van der Waals surface area contributed by atoms with Crippen LogP contribution in [0.15, 0.2) is 66.7 Å².